The number of rotatable bonds is 2. The Morgan fingerprint density at radius 2 is 1.38 bits per heavy atom. The van der Waals surface area contributed by atoms with E-state index in [0.29, 0.717) is 0 Å². The first-order chi connectivity index (χ1) is 21.7. The normalized spacial score (nSPS) is 25.1. The SMILES string of the molecule is CC(=O)O[C@H]1CCN2/C(=N\C(=O)OC(C)(C)C)N(C(=O)OC(C)(C)C)[C@@H](CN)[C@@H]3N=C(NC(=O)OC(C)(C)C)N(C(=O)OC(C)(C)C)[C@@]132. The Balaban J connectivity index is 2.40. The molecule has 0 aromatic heterocycles. The molecule has 3 rings (SSSR count). The van der Waals surface area contributed by atoms with Crippen molar-refractivity contribution < 1.29 is 47.7 Å². The lowest BCUT2D eigenvalue weighted by Crippen LogP contribution is -2.80. The van der Waals surface area contributed by atoms with E-state index in [1.165, 1.54) is 11.8 Å². The van der Waals surface area contributed by atoms with Gasteiger partial charge in [-0.3, -0.25) is 10.1 Å². The number of esters is 1. The maximum Gasteiger partial charge on any atom is 0.437 e. The molecule has 0 unspecified atom stereocenters. The molecule has 17 nitrogen and oxygen atoms in total. The molecule has 3 N–H and O–H groups in total. The first-order valence-corrected chi connectivity index (χ1v) is 15.8. The van der Waals surface area contributed by atoms with Crippen LogP contribution in [0.2, 0.25) is 0 Å². The van der Waals surface area contributed by atoms with E-state index in [1.807, 2.05) is 0 Å². The van der Waals surface area contributed by atoms with E-state index >= 15 is 0 Å². The Morgan fingerprint density at radius 1 is 0.854 bits per heavy atom. The van der Waals surface area contributed by atoms with Gasteiger partial charge in [0.05, 0.1) is 6.04 Å². The maximum absolute atomic E-state index is 14.3. The second kappa shape index (κ2) is 13.0. The summed E-state index contributed by atoms with van der Waals surface area (Å²) in [5.41, 5.74) is 0.600. The molecular formula is C31H51N7O10. The minimum absolute atomic E-state index is 0.0127. The number of nitrogens with zero attached hydrogens (tertiary/aromatic N) is 5. The topological polar surface area (TPSA) is 204 Å². The standard InChI is InChI=1S/C31H51N7O10/c1-17(39)44-19-14-15-36-22(35-24(41)46-28(5,6)7)37(25(42)47-29(8,9)10)18(16-32)20-31(19,36)38(26(43)48-30(11,12)13)21(33-20)34-23(40)45-27(2,3)4/h18-20H,14-16,32H2,1-13H3,(H,33,34,40)/b35-22+/t18-,19-,20-,31-/m0/s1. The Bertz CT molecular complexity index is 1370. The van der Waals surface area contributed by atoms with Gasteiger partial charge in [0.25, 0.3) is 0 Å². The summed E-state index contributed by atoms with van der Waals surface area (Å²) in [7, 11) is 0. The molecule has 270 valence electrons. The second-order valence-electron chi connectivity index (χ2n) is 15.7. The van der Waals surface area contributed by atoms with Crippen molar-refractivity contribution in [2.75, 3.05) is 13.1 Å². The highest BCUT2D eigenvalue weighted by Crippen LogP contribution is 2.49. The maximum atomic E-state index is 14.3. The predicted octanol–water partition coefficient (Wildman–Crippen LogP) is 3.69. The Morgan fingerprint density at radius 3 is 1.85 bits per heavy atom. The first-order valence-electron chi connectivity index (χ1n) is 15.8. The van der Waals surface area contributed by atoms with Crippen molar-refractivity contribution in [3.05, 3.63) is 0 Å². The smallest absolute Gasteiger partial charge is 0.437 e. The molecule has 3 aliphatic heterocycles. The highest BCUT2D eigenvalue weighted by molar-refractivity contribution is 6.07. The van der Waals surface area contributed by atoms with Gasteiger partial charge in [0.2, 0.25) is 11.9 Å². The zero-order valence-electron chi connectivity index (χ0n) is 30.2. The highest BCUT2D eigenvalue weighted by Gasteiger charge is 2.73. The van der Waals surface area contributed by atoms with Crippen molar-refractivity contribution in [1.82, 2.24) is 20.0 Å². The van der Waals surface area contributed by atoms with Gasteiger partial charge in [-0.05, 0) is 83.1 Å². The summed E-state index contributed by atoms with van der Waals surface area (Å²) in [6.45, 7) is 20.7. The minimum Gasteiger partial charge on any atom is -0.458 e. The molecule has 4 amide bonds. The summed E-state index contributed by atoms with van der Waals surface area (Å²) in [6, 6.07) is -2.38. The number of hydrogen-bond acceptors (Lipinski definition) is 12. The van der Waals surface area contributed by atoms with E-state index < -0.39 is 76.6 Å². The molecule has 3 aliphatic rings. The first kappa shape index (κ1) is 38.3. The van der Waals surface area contributed by atoms with Crippen molar-refractivity contribution in [2.45, 2.75) is 143 Å². The van der Waals surface area contributed by atoms with Gasteiger partial charge in [-0.15, -0.1) is 4.99 Å². The van der Waals surface area contributed by atoms with Crippen LogP contribution in [-0.4, -0.2) is 116 Å². The van der Waals surface area contributed by atoms with Crippen LogP contribution in [0.3, 0.4) is 0 Å². The molecule has 0 radical (unpaired) electrons. The number of alkyl carbamates (subject to hydrolysis) is 1. The van der Waals surface area contributed by atoms with Crippen molar-refractivity contribution in [3.8, 4) is 0 Å². The molecule has 48 heavy (non-hydrogen) atoms. The third-order valence-corrected chi connectivity index (χ3v) is 6.85. The van der Waals surface area contributed by atoms with Crippen LogP contribution >= 0.6 is 0 Å². The molecule has 1 spiro atoms. The average molecular weight is 682 g/mol. The van der Waals surface area contributed by atoms with E-state index in [2.05, 4.69) is 10.3 Å². The largest absolute Gasteiger partial charge is 0.458 e. The Hall–Kier alpha value is -4.15. The number of hydrogen-bond donors (Lipinski definition) is 2. The quantitative estimate of drug-likeness (QED) is 0.316. The van der Waals surface area contributed by atoms with Crippen LogP contribution in [0.4, 0.5) is 19.2 Å². The van der Waals surface area contributed by atoms with E-state index in [0.717, 1.165) is 9.80 Å². The van der Waals surface area contributed by atoms with E-state index in [-0.39, 0.29) is 31.4 Å². The Kier molecular flexibility index (Phi) is 10.4. The second-order valence-corrected chi connectivity index (χ2v) is 15.7. The van der Waals surface area contributed by atoms with Gasteiger partial charge in [-0.25, -0.2) is 34.0 Å². The van der Waals surface area contributed by atoms with E-state index in [1.54, 1.807) is 83.1 Å². The van der Waals surface area contributed by atoms with Crippen molar-refractivity contribution >= 4 is 42.3 Å². The van der Waals surface area contributed by atoms with E-state index in [9.17, 15) is 24.0 Å². The van der Waals surface area contributed by atoms with E-state index in [4.69, 9.17) is 34.4 Å². The number of ether oxygens (including phenoxy) is 5. The molecule has 2 saturated heterocycles. The molecule has 2 fully saturated rings. The monoisotopic (exact) mass is 681 g/mol. The molecule has 0 aromatic rings. The number of amides is 4. The van der Waals surface area contributed by atoms with Gasteiger partial charge < -0.3 is 34.3 Å². The number of carbonyl (C=O) groups excluding carboxylic acids is 5. The van der Waals surface area contributed by atoms with Crippen LogP contribution in [0.1, 0.15) is 96.4 Å². The zero-order chi connectivity index (χ0) is 36.8. The van der Waals surface area contributed by atoms with Crippen molar-refractivity contribution in [2.24, 2.45) is 15.7 Å². The van der Waals surface area contributed by atoms with Crippen molar-refractivity contribution in [1.29, 1.82) is 0 Å². The molecule has 4 atom stereocenters. The van der Waals surface area contributed by atoms with Gasteiger partial charge in [-0.1, -0.05) is 0 Å². The van der Waals surface area contributed by atoms with Gasteiger partial charge in [0, 0.05) is 26.4 Å². The summed E-state index contributed by atoms with van der Waals surface area (Å²) in [6.07, 6.45) is -4.97. The van der Waals surface area contributed by atoms with Crippen molar-refractivity contribution in [3.63, 3.8) is 0 Å². The lowest BCUT2D eigenvalue weighted by molar-refractivity contribution is -0.158. The molecule has 0 bridgehead atoms. The summed E-state index contributed by atoms with van der Waals surface area (Å²) in [4.78, 5) is 79.9. The van der Waals surface area contributed by atoms with Crippen LogP contribution in [0.25, 0.3) is 0 Å². The highest BCUT2D eigenvalue weighted by atomic mass is 16.6. The fourth-order valence-corrected chi connectivity index (χ4v) is 5.67. The molecule has 0 aliphatic carbocycles. The Labute approximate surface area is 281 Å². The molecular weight excluding hydrogens is 630 g/mol. The number of nitrogens with two attached hydrogens (primary N) is 1. The third kappa shape index (κ3) is 8.46. The molecule has 17 heteroatoms. The zero-order valence-corrected chi connectivity index (χ0v) is 30.2. The summed E-state index contributed by atoms with van der Waals surface area (Å²) < 4.78 is 28.3. The predicted molar refractivity (Wildman–Crippen MR) is 173 cm³/mol. The molecule has 0 aromatic carbocycles. The number of carbonyl (C=O) groups is 5. The fourth-order valence-electron chi connectivity index (χ4n) is 5.67. The van der Waals surface area contributed by atoms with Crippen LogP contribution < -0.4 is 11.1 Å². The van der Waals surface area contributed by atoms with Gasteiger partial charge in [0.1, 0.15) is 34.6 Å². The average Bonchev–Trinajstić information content (AvgIpc) is 3.35. The minimum atomic E-state index is -1.85. The van der Waals surface area contributed by atoms with Gasteiger partial charge in [0.15, 0.2) is 5.66 Å². The van der Waals surface area contributed by atoms with Gasteiger partial charge >= 0.3 is 30.3 Å². The number of nitrogens with one attached hydrogen (secondary N) is 1. The number of aliphatic imine (C=N–C) groups is 2. The fraction of sp³-hybridized carbons (Fsp3) is 0.774. The lowest BCUT2D eigenvalue weighted by Gasteiger charge is -2.55. The summed E-state index contributed by atoms with van der Waals surface area (Å²) in [5, 5.41) is 2.54. The molecule has 0 saturated carbocycles. The summed E-state index contributed by atoms with van der Waals surface area (Å²) >= 11 is 0. The lowest BCUT2D eigenvalue weighted by atomic mass is 9.86. The third-order valence-electron chi connectivity index (χ3n) is 6.85. The molecule has 3 heterocycles. The van der Waals surface area contributed by atoms with Crippen LogP contribution in [0.5, 0.6) is 0 Å². The number of guanidine groups is 2. The van der Waals surface area contributed by atoms with Crippen LogP contribution in [0, 0.1) is 0 Å². The van der Waals surface area contributed by atoms with Crippen LogP contribution in [-0.2, 0) is 28.5 Å². The van der Waals surface area contributed by atoms with Crippen LogP contribution in [0.15, 0.2) is 9.98 Å². The summed E-state index contributed by atoms with van der Waals surface area (Å²) in [5.74, 6) is -1.30. The van der Waals surface area contributed by atoms with Gasteiger partial charge in [-0.2, -0.15) is 0 Å².